The molecule has 0 bridgehead atoms. The van der Waals surface area contributed by atoms with Crippen LogP contribution in [0, 0.1) is 0 Å². The second kappa shape index (κ2) is 12.5. The lowest BCUT2D eigenvalue weighted by molar-refractivity contribution is -0.849. The van der Waals surface area contributed by atoms with Gasteiger partial charge in [0, 0.05) is 0 Å². The van der Waals surface area contributed by atoms with E-state index in [4.69, 9.17) is 0 Å². The Morgan fingerprint density at radius 2 is 1.00 bits per heavy atom. The third-order valence-electron chi connectivity index (χ3n) is 0. The lowest BCUT2D eigenvalue weighted by atomic mass is 10.8. The number of nitrogens with zero attached hydrogens (tertiary/aromatic N) is 1. The number of hydrogen-bond donors (Lipinski definition) is 1. The zero-order valence-electron chi connectivity index (χ0n) is 7.62. The first kappa shape index (κ1) is 22.4. The first-order chi connectivity index (χ1) is 3.41. The molecule has 0 saturated carbocycles. The van der Waals surface area contributed by atoms with Gasteiger partial charge in [-0.25, -0.2) is 0 Å². The van der Waals surface area contributed by atoms with E-state index in [0.717, 1.165) is 11.0 Å². The first-order valence-corrected chi connectivity index (χ1v) is 3.00. The summed E-state index contributed by atoms with van der Waals surface area (Å²) in [5, 5.41) is 0. The van der Waals surface area contributed by atoms with Crippen LogP contribution < -0.4 is 39.7 Å². The van der Waals surface area contributed by atoms with E-state index in [1.165, 1.54) is 0 Å². The van der Waals surface area contributed by atoms with E-state index in [0.29, 0.717) is 0 Å². The molecule has 0 rings (SSSR count). The standard InChI is InChI=1S/C4H12N.C2H7N.2BrH/c1-5(2,3)4;1-2-3;;/h1-4H3;2-3H2,1H3;2*1H/q+1;;;/p-1. The van der Waals surface area contributed by atoms with Gasteiger partial charge in [-0.05, 0) is 6.92 Å². The van der Waals surface area contributed by atoms with Gasteiger partial charge in [-0.15, -0.1) is 0 Å². The van der Waals surface area contributed by atoms with Gasteiger partial charge in [0.1, 0.15) is 0 Å². The van der Waals surface area contributed by atoms with Gasteiger partial charge in [0.25, 0.3) is 0 Å². The summed E-state index contributed by atoms with van der Waals surface area (Å²) in [5.74, 6) is 0. The Morgan fingerprint density at radius 3 is 1.00 bits per heavy atom. The monoisotopic (exact) mass is 278 g/mol. The van der Waals surface area contributed by atoms with Gasteiger partial charge in [0.15, 0.2) is 0 Å². The molecular weight excluding hydrogens is 260 g/mol. The smallest absolute Gasteiger partial charge is 0.0711 e. The normalized spacial score (nSPS) is 7.80. The van der Waals surface area contributed by atoms with Crippen LogP contribution >= 0.6 is 0 Å². The molecule has 2 nitrogen and oxygen atoms in total. The molecule has 0 aliphatic heterocycles. The van der Waals surface area contributed by atoms with E-state index in [1.54, 1.807) is 0 Å². The molecule has 4 heteroatoms. The van der Waals surface area contributed by atoms with Crippen LogP contribution in [0.2, 0.25) is 0 Å². The number of halogens is 2. The summed E-state index contributed by atoms with van der Waals surface area (Å²) in [6, 6.07) is 0. The highest BCUT2D eigenvalue weighted by atomic mass is 79.9. The van der Waals surface area contributed by atoms with Crippen LogP contribution in [-0.2, 0) is 0 Å². The highest BCUT2D eigenvalue weighted by Crippen LogP contribution is 1.73. The Kier molecular flexibility index (Phi) is 28.2. The second-order valence-electron chi connectivity index (χ2n) is 3.18. The van der Waals surface area contributed by atoms with Crippen LogP contribution in [0.4, 0.5) is 0 Å². The van der Waals surface area contributed by atoms with Crippen molar-refractivity contribution in [2.24, 2.45) is 0 Å². The van der Waals surface area contributed by atoms with Crippen LogP contribution in [0.3, 0.4) is 0 Å². The summed E-state index contributed by atoms with van der Waals surface area (Å²) in [6.45, 7) is 3.01. The fraction of sp³-hybridized carbons (Fsp3) is 1.00. The van der Waals surface area contributed by atoms with Crippen molar-refractivity contribution in [2.45, 2.75) is 6.92 Å². The van der Waals surface area contributed by atoms with E-state index in [1.807, 2.05) is 6.92 Å². The molecule has 0 aromatic rings. The molecule has 0 amide bonds. The van der Waals surface area contributed by atoms with Gasteiger partial charge >= 0.3 is 0 Å². The molecule has 0 unspecified atom stereocenters. The minimum absolute atomic E-state index is 0. The highest BCUT2D eigenvalue weighted by Gasteiger charge is 1.88. The van der Waals surface area contributed by atoms with Gasteiger partial charge in [-0.1, -0.05) is 0 Å². The van der Waals surface area contributed by atoms with Gasteiger partial charge in [-0.3, -0.25) is 0 Å². The van der Waals surface area contributed by atoms with Gasteiger partial charge in [-0.2, -0.15) is 0 Å². The lowest BCUT2D eigenvalue weighted by Gasteiger charge is -2.14. The van der Waals surface area contributed by atoms with Crippen LogP contribution in [0.25, 0.3) is 0 Å². The molecule has 10 heavy (non-hydrogen) atoms. The van der Waals surface area contributed by atoms with Crippen molar-refractivity contribution in [2.75, 3.05) is 34.7 Å². The van der Waals surface area contributed by atoms with Gasteiger partial charge < -0.3 is 44.2 Å². The molecule has 0 radical (unpaired) electrons. The average molecular weight is 280 g/mol. The molecule has 68 valence electrons. The molecule has 0 saturated heterocycles. The van der Waals surface area contributed by atoms with Crippen LogP contribution in [0.15, 0.2) is 0 Å². The third-order valence-corrected chi connectivity index (χ3v) is 0. The fourth-order valence-electron chi connectivity index (χ4n) is 0. The summed E-state index contributed by atoms with van der Waals surface area (Å²) in [6.07, 6.45) is 0. The van der Waals surface area contributed by atoms with Gasteiger partial charge in [0.2, 0.25) is 0 Å². The Morgan fingerprint density at radius 1 is 1.00 bits per heavy atom. The molecule has 0 aromatic heterocycles. The van der Waals surface area contributed by atoms with E-state index in [2.05, 4.69) is 33.9 Å². The van der Waals surface area contributed by atoms with Crippen LogP contribution in [0.5, 0.6) is 0 Å². The predicted octanol–water partition coefficient (Wildman–Crippen LogP) is -6.42. The van der Waals surface area contributed by atoms with Crippen molar-refractivity contribution >= 4 is 0 Å². The van der Waals surface area contributed by atoms with Crippen molar-refractivity contribution in [3.05, 3.63) is 0 Å². The Bertz CT molecular complexity index is 37.5. The first-order valence-electron chi connectivity index (χ1n) is 3.00. The van der Waals surface area contributed by atoms with Crippen molar-refractivity contribution < 1.29 is 44.2 Å². The van der Waals surface area contributed by atoms with Crippen molar-refractivity contribution in [3.8, 4) is 0 Å². The summed E-state index contributed by atoms with van der Waals surface area (Å²) in [4.78, 5) is 0. The maximum absolute atomic E-state index is 3.49. The minimum Gasteiger partial charge on any atom is -1.00 e. The summed E-state index contributed by atoms with van der Waals surface area (Å²) in [7, 11) is 8.50. The van der Waals surface area contributed by atoms with Crippen LogP contribution in [-0.4, -0.2) is 39.2 Å². The number of hydrogen-bond acceptors (Lipinski definition) is 0. The quantitative estimate of drug-likeness (QED) is 0.428. The molecular formula is C6H20Br2N2. The molecule has 0 spiro atoms. The average Bonchev–Trinajstić information content (AvgIpc) is 1.27. The SMILES string of the molecule is CC[NH3+].C[N+](C)(C)C.[Br-].[Br-]. The minimum atomic E-state index is 0. The number of rotatable bonds is 0. The molecule has 3 N–H and O–H groups in total. The van der Waals surface area contributed by atoms with Gasteiger partial charge in [0.05, 0.1) is 34.7 Å². The third kappa shape index (κ3) is 712. The molecule has 0 aliphatic carbocycles. The zero-order chi connectivity index (χ0) is 7.21. The maximum Gasteiger partial charge on any atom is 0.0711 e. The Hall–Kier alpha value is 0.880. The maximum atomic E-state index is 3.49. The molecule has 0 aromatic carbocycles. The molecule has 0 atom stereocenters. The van der Waals surface area contributed by atoms with E-state index in [-0.39, 0.29) is 34.0 Å². The fourth-order valence-corrected chi connectivity index (χ4v) is 0. The van der Waals surface area contributed by atoms with E-state index >= 15 is 0 Å². The topological polar surface area (TPSA) is 27.6 Å². The lowest BCUT2D eigenvalue weighted by Crippen LogP contribution is -3.00. The highest BCUT2D eigenvalue weighted by molar-refractivity contribution is 3.87. The van der Waals surface area contributed by atoms with E-state index < -0.39 is 0 Å². The second-order valence-corrected chi connectivity index (χ2v) is 3.18. The Labute approximate surface area is 85.9 Å². The number of quaternary nitrogens is 2. The Balaban J connectivity index is -0.0000000326. The molecule has 0 aliphatic rings. The predicted molar refractivity (Wildman–Crippen MR) is 37.4 cm³/mol. The van der Waals surface area contributed by atoms with Crippen molar-refractivity contribution in [1.82, 2.24) is 0 Å². The summed E-state index contributed by atoms with van der Waals surface area (Å²) < 4.78 is 1.00. The summed E-state index contributed by atoms with van der Waals surface area (Å²) >= 11 is 0. The molecule has 0 heterocycles. The van der Waals surface area contributed by atoms with Crippen molar-refractivity contribution in [3.63, 3.8) is 0 Å². The van der Waals surface area contributed by atoms with Crippen LogP contribution in [0.1, 0.15) is 6.92 Å². The van der Waals surface area contributed by atoms with E-state index in [9.17, 15) is 0 Å². The largest absolute Gasteiger partial charge is 1.00 e. The molecule has 0 fully saturated rings. The summed E-state index contributed by atoms with van der Waals surface area (Å²) in [5.41, 5.74) is 3.49. The van der Waals surface area contributed by atoms with Crippen molar-refractivity contribution in [1.29, 1.82) is 0 Å². The zero-order valence-corrected chi connectivity index (χ0v) is 10.8.